The molecule has 31 heavy (non-hydrogen) atoms. The summed E-state index contributed by atoms with van der Waals surface area (Å²) in [5.41, 5.74) is 9.61. The van der Waals surface area contributed by atoms with Crippen molar-refractivity contribution in [1.82, 2.24) is 5.32 Å². The molecule has 6 heteroatoms. The summed E-state index contributed by atoms with van der Waals surface area (Å²) in [6.07, 6.45) is 1.87. The Morgan fingerprint density at radius 2 is 1.81 bits per heavy atom. The standard InChI is InChI=1S/C25H26N2O4/c1-29-22-12-9-17(25(28)27-21-11-8-16-5-3-4-6-20(16)21)13-24(22)31-19-10-7-18(15-26)23(14-19)30-2/h3-7,9-10,12-14,21H,8,11,15,26H2,1-2H3,(H,27,28)/t21-/m1/s1. The number of aryl methyl sites for hydroxylation is 1. The molecule has 4 rings (SSSR count). The third kappa shape index (κ3) is 4.34. The van der Waals surface area contributed by atoms with Gasteiger partial charge in [0.15, 0.2) is 11.5 Å². The number of fused-ring (bicyclic) bond motifs is 1. The Balaban J connectivity index is 1.56. The first-order valence-electron chi connectivity index (χ1n) is 10.2. The van der Waals surface area contributed by atoms with E-state index in [0.717, 1.165) is 18.4 Å². The van der Waals surface area contributed by atoms with Crippen LogP contribution in [0.25, 0.3) is 0 Å². The summed E-state index contributed by atoms with van der Waals surface area (Å²) in [5, 5.41) is 3.14. The highest BCUT2D eigenvalue weighted by atomic mass is 16.5. The Morgan fingerprint density at radius 1 is 1.00 bits per heavy atom. The highest BCUT2D eigenvalue weighted by Gasteiger charge is 2.24. The fourth-order valence-corrected chi connectivity index (χ4v) is 3.93. The molecule has 0 aromatic heterocycles. The second kappa shape index (κ2) is 9.10. The molecule has 0 spiro atoms. The molecule has 1 aliphatic carbocycles. The van der Waals surface area contributed by atoms with Crippen LogP contribution >= 0.6 is 0 Å². The lowest BCUT2D eigenvalue weighted by molar-refractivity contribution is 0.0936. The van der Waals surface area contributed by atoms with Crippen LogP contribution in [-0.4, -0.2) is 20.1 Å². The number of benzene rings is 3. The smallest absolute Gasteiger partial charge is 0.251 e. The van der Waals surface area contributed by atoms with E-state index in [1.54, 1.807) is 38.5 Å². The van der Waals surface area contributed by atoms with Gasteiger partial charge in [-0.1, -0.05) is 30.3 Å². The third-order valence-electron chi connectivity index (χ3n) is 5.57. The molecule has 0 radical (unpaired) electrons. The van der Waals surface area contributed by atoms with Crippen molar-refractivity contribution in [2.45, 2.75) is 25.4 Å². The van der Waals surface area contributed by atoms with E-state index in [-0.39, 0.29) is 11.9 Å². The second-order valence-corrected chi connectivity index (χ2v) is 7.41. The van der Waals surface area contributed by atoms with E-state index in [0.29, 0.717) is 35.1 Å². The van der Waals surface area contributed by atoms with Crippen LogP contribution < -0.4 is 25.3 Å². The van der Waals surface area contributed by atoms with E-state index in [9.17, 15) is 4.79 Å². The normalized spacial score (nSPS) is 14.6. The summed E-state index contributed by atoms with van der Waals surface area (Å²) >= 11 is 0. The minimum Gasteiger partial charge on any atom is -0.496 e. The summed E-state index contributed by atoms with van der Waals surface area (Å²) < 4.78 is 16.8. The molecule has 3 N–H and O–H groups in total. The number of methoxy groups -OCH3 is 2. The number of nitrogens with one attached hydrogen (secondary N) is 1. The molecule has 3 aromatic rings. The van der Waals surface area contributed by atoms with Gasteiger partial charge in [0.25, 0.3) is 5.91 Å². The molecular weight excluding hydrogens is 392 g/mol. The predicted octanol–water partition coefficient (Wildman–Crippen LogP) is 4.37. The van der Waals surface area contributed by atoms with Crippen molar-refractivity contribution in [3.63, 3.8) is 0 Å². The second-order valence-electron chi connectivity index (χ2n) is 7.41. The lowest BCUT2D eigenvalue weighted by atomic mass is 10.1. The summed E-state index contributed by atoms with van der Waals surface area (Å²) in [4.78, 5) is 13.0. The van der Waals surface area contributed by atoms with Gasteiger partial charge in [-0.25, -0.2) is 0 Å². The third-order valence-corrected chi connectivity index (χ3v) is 5.57. The van der Waals surface area contributed by atoms with Crippen LogP contribution in [0.4, 0.5) is 0 Å². The molecule has 0 saturated heterocycles. The zero-order chi connectivity index (χ0) is 21.8. The zero-order valence-corrected chi connectivity index (χ0v) is 17.7. The molecule has 1 aliphatic rings. The van der Waals surface area contributed by atoms with E-state index >= 15 is 0 Å². The molecule has 0 heterocycles. The lowest BCUT2D eigenvalue weighted by Crippen LogP contribution is -2.27. The molecular formula is C25H26N2O4. The van der Waals surface area contributed by atoms with Gasteiger partial charge >= 0.3 is 0 Å². The first-order chi connectivity index (χ1) is 15.1. The number of carbonyl (C=O) groups excluding carboxylic acids is 1. The average molecular weight is 418 g/mol. The molecule has 3 aromatic carbocycles. The van der Waals surface area contributed by atoms with Gasteiger partial charge in [-0.15, -0.1) is 0 Å². The Labute approximate surface area is 181 Å². The van der Waals surface area contributed by atoms with Crippen LogP contribution in [0.15, 0.2) is 60.7 Å². The molecule has 1 atom stereocenters. The average Bonchev–Trinajstić information content (AvgIpc) is 3.21. The molecule has 0 fully saturated rings. The Bertz CT molecular complexity index is 1100. The summed E-state index contributed by atoms with van der Waals surface area (Å²) in [5.74, 6) is 2.04. The zero-order valence-electron chi connectivity index (χ0n) is 17.7. The van der Waals surface area contributed by atoms with Gasteiger partial charge in [0.05, 0.1) is 20.3 Å². The van der Waals surface area contributed by atoms with Gasteiger partial charge in [-0.3, -0.25) is 4.79 Å². The SMILES string of the molecule is COc1cc(Oc2cc(C(=O)N[C@@H]3CCc4ccccc43)ccc2OC)ccc1CN. The largest absolute Gasteiger partial charge is 0.496 e. The molecule has 0 unspecified atom stereocenters. The first kappa shape index (κ1) is 20.8. The maximum Gasteiger partial charge on any atom is 0.251 e. The van der Waals surface area contributed by atoms with Crippen molar-refractivity contribution in [3.05, 3.63) is 82.9 Å². The number of hydrogen-bond acceptors (Lipinski definition) is 5. The molecule has 1 amide bonds. The predicted molar refractivity (Wildman–Crippen MR) is 119 cm³/mol. The van der Waals surface area contributed by atoms with E-state index < -0.39 is 0 Å². The van der Waals surface area contributed by atoms with Crippen molar-refractivity contribution < 1.29 is 19.0 Å². The summed E-state index contributed by atoms with van der Waals surface area (Å²) in [6, 6.07) is 18.8. The summed E-state index contributed by atoms with van der Waals surface area (Å²) in [7, 11) is 3.15. The first-order valence-corrected chi connectivity index (χ1v) is 10.2. The molecule has 0 bridgehead atoms. The van der Waals surface area contributed by atoms with E-state index in [1.165, 1.54) is 11.1 Å². The van der Waals surface area contributed by atoms with Gasteiger partial charge in [0.1, 0.15) is 11.5 Å². The van der Waals surface area contributed by atoms with Gasteiger partial charge in [0.2, 0.25) is 0 Å². The number of ether oxygens (including phenoxy) is 3. The Morgan fingerprint density at radius 3 is 2.58 bits per heavy atom. The molecule has 0 saturated carbocycles. The van der Waals surface area contributed by atoms with Crippen LogP contribution in [-0.2, 0) is 13.0 Å². The fourth-order valence-electron chi connectivity index (χ4n) is 3.93. The monoisotopic (exact) mass is 418 g/mol. The van der Waals surface area contributed by atoms with Crippen LogP contribution in [0, 0.1) is 0 Å². The molecule has 6 nitrogen and oxygen atoms in total. The highest BCUT2D eigenvalue weighted by Crippen LogP contribution is 2.35. The van der Waals surface area contributed by atoms with Crippen molar-refractivity contribution >= 4 is 5.91 Å². The van der Waals surface area contributed by atoms with Crippen molar-refractivity contribution in [2.24, 2.45) is 5.73 Å². The van der Waals surface area contributed by atoms with Crippen LogP contribution in [0.1, 0.15) is 39.5 Å². The highest BCUT2D eigenvalue weighted by molar-refractivity contribution is 5.95. The lowest BCUT2D eigenvalue weighted by Gasteiger charge is -2.16. The number of nitrogens with two attached hydrogens (primary N) is 1. The maximum absolute atomic E-state index is 13.0. The van der Waals surface area contributed by atoms with Crippen LogP contribution in [0.2, 0.25) is 0 Å². The van der Waals surface area contributed by atoms with E-state index in [1.807, 2.05) is 24.3 Å². The Hall–Kier alpha value is -3.51. The maximum atomic E-state index is 13.0. The van der Waals surface area contributed by atoms with Crippen molar-refractivity contribution in [1.29, 1.82) is 0 Å². The molecule has 160 valence electrons. The number of hydrogen-bond donors (Lipinski definition) is 2. The topological polar surface area (TPSA) is 82.8 Å². The van der Waals surface area contributed by atoms with Gasteiger partial charge in [0, 0.05) is 23.7 Å². The van der Waals surface area contributed by atoms with Crippen molar-refractivity contribution in [2.75, 3.05) is 14.2 Å². The number of rotatable bonds is 7. The van der Waals surface area contributed by atoms with E-state index in [4.69, 9.17) is 19.9 Å². The fraction of sp³-hybridized carbons (Fsp3) is 0.240. The van der Waals surface area contributed by atoms with E-state index in [2.05, 4.69) is 17.4 Å². The van der Waals surface area contributed by atoms with Crippen molar-refractivity contribution in [3.8, 4) is 23.0 Å². The Kier molecular flexibility index (Phi) is 6.09. The minimum atomic E-state index is -0.148. The number of carbonyl (C=O) groups is 1. The molecule has 0 aliphatic heterocycles. The van der Waals surface area contributed by atoms with Crippen LogP contribution in [0.3, 0.4) is 0 Å². The quantitative estimate of drug-likeness (QED) is 0.595. The summed E-state index contributed by atoms with van der Waals surface area (Å²) in [6.45, 7) is 0.368. The van der Waals surface area contributed by atoms with Gasteiger partial charge in [-0.05, 0) is 48.2 Å². The van der Waals surface area contributed by atoms with Gasteiger partial charge < -0.3 is 25.3 Å². The van der Waals surface area contributed by atoms with Gasteiger partial charge in [-0.2, -0.15) is 0 Å². The minimum absolute atomic E-state index is 0.0169. The number of amides is 1. The van der Waals surface area contributed by atoms with Crippen LogP contribution in [0.5, 0.6) is 23.0 Å².